The lowest BCUT2D eigenvalue weighted by Gasteiger charge is -2.33. The molecule has 0 fully saturated rings. The van der Waals surface area contributed by atoms with Gasteiger partial charge in [-0.2, -0.15) is 0 Å². The van der Waals surface area contributed by atoms with Crippen LogP contribution < -0.4 is 5.32 Å². The minimum Gasteiger partial charge on any atom is -0.310 e. The third-order valence-electron chi connectivity index (χ3n) is 2.43. The fourth-order valence-electron chi connectivity index (χ4n) is 1.55. The molecule has 0 spiro atoms. The van der Waals surface area contributed by atoms with Crippen LogP contribution in [0.5, 0.6) is 0 Å². The van der Waals surface area contributed by atoms with E-state index >= 15 is 0 Å². The SMILES string of the molecule is CCCNC(C)(C)C(SSS)c1cccs1. The van der Waals surface area contributed by atoms with Crippen LogP contribution in [0.25, 0.3) is 0 Å². The van der Waals surface area contributed by atoms with Crippen LogP contribution in [0, 0.1) is 0 Å². The zero-order valence-corrected chi connectivity index (χ0v) is 13.2. The number of hydrogen-bond acceptors (Lipinski definition) is 5. The molecule has 0 aliphatic rings. The van der Waals surface area contributed by atoms with Gasteiger partial charge in [0.15, 0.2) is 0 Å². The van der Waals surface area contributed by atoms with Gasteiger partial charge in [-0.25, -0.2) is 0 Å². The second-order valence-electron chi connectivity index (χ2n) is 4.21. The van der Waals surface area contributed by atoms with Gasteiger partial charge in [0.05, 0.1) is 5.25 Å². The van der Waals surface area contributed by atoms with Crippen LogP contribution in [-0.4, -0.2) is 12.1 Å². The maximum absolute atomic E-state index is 4.27. The van der Waals surface area contributed by atoms with Gasteiger partial charge in [-0.05, 0) is 48.1 Å². The number of hydrogen-bond donors (Lipinski definition) is 2. The van der Waals surface area contributed by atoms with Gasteiger partial charge in [0.2, 0.25) is 0 Å². The summed E-state index contributed by atoms with van der Waals surface area (Å²) in [4.78, 5) is 1.42. The first kappa shape index (κ1) is 14.8. The van der Waals surface area contributed by atoms with Crippen LogP contribution in [0.15, 0.2) is 17.5 Å². The lowest BCUT2D eigenvalue weighted by atomic mass is 9.98. The number of thiophene rings is 1. The van der Waals surface area contributed by atoms with Gasteiger partial charge in [-0.15, -0.1) is 11.3 Å². The van der Waals surface area contributed by atoms with E-state index < -0.39 is 0 Å². The molecular weight excluding hydrogens is 274 g/mol. The van der Waals surface area contributed by atoms with E-state index in [4.69, 9.17) is 0 Å². The fraction of sp³-hybridized carbons (Fsp3) is 0.636. The topological polar surface area (TPSA) is 12.0 Å². The molecule has 0 aromatic carbocycles. The van der Waals surface area contributed by atoms with Gasteiger partial charge in [0.1, 0.15) is 0 Å². The Bertz CT molecular complexity index is 284. The van der Waals surface area contributed by atoms with Gasteiger partial charge in [0.25, 0.3) is 0 Å². The summed E-state index contributed by atoms with van der Waals surface area (Å²) < 4.78 is 0. The molecule has 92 valence electrons. The molecule has 0 radical (unpaired) electrons. The molecule has 0 bridgehead atoms. The first-order valence-corrected chi connectivity index (χ1v) is 9.51. The third kappa shape index (κ3) is 4.18. The fourth-order valence-corrected chi connectivity index (χ4v) is 5.58. The highest BCUT2D eigenvalue weighted by atomic mass is 33.5. The highest BCUT2D eigenvalue weighted by molar-refractivity contribution is 9.05. The maximum atomic E-state index is 4.27. The normalized spacial score (nSPS) is 14.0. The van der Waals surface area contributed by atoms with Crippen LogP contribution in [0.4, 0.5) is 0 Å². The Kier molecular flexibility index (Phi) is 6.66. The number of rotatable bonds is 7. The summed E-state index contributed by atoms with van der Waals surface area (Å²) in [5, 5.41) is 6.21. The summed E-state index contributed by atoms with van der Waals surface area (Å²) in [6, 6.07) is 4.33. The van der Waals surface area contributed by atoms with Crippen molar-refractivity contribution in [2.75, 3.05) is 6.54 Å². The molecule has 1 atom stereocenters. The lowest BCUT2D eigenvalue weighted by Crippen LogP contribution is -2.43. The van der Waals surface area contributed by atoms with Crippen molar-refractivity contribution in [1.29, 1.82) is 0 Å². The first-order valence-electron chi connectivity index (χ1n) is 5.37. The predicted molar refractivity (Wildman–Crippen MR) is 83.6 cm³/mol. The molecule has 1 rings (SSSR count). The molecule has 0 saturated heterocycles. The van der Waals surface area contributed by atoms with E-state index in [0.29, 0.717) is 5.25 Å². The molecular formula is C11H19NS4. The van der Waals surface area contributed by atoms with E-state index in [0.717, 1.165) is 6.54 Å². The van der Waals surface area contributed by atoms with Crippen LogP contribution in [0.3, 0.4) is 0 Å². The van der Waals surface area contributed by atoms with Crippen molar-refractivity contribution in [3.05, 3.63) is 22.4 Å². The van der Waals surface area contributed by atoms with E-state index in [2.05, 4.69) is 55.3 Å². The molecule has 1 N–H and O–H groups in total. The number of thiol groups is 1. The first-order chi connectivity index (χ1) is 7.61. The largest absolute Gasteiger partial charge is 0.310 e. The molecule has 1 aromatic rings. The second-order valence-corrected chi connectivity index (χ2v) is 8.37. The zero-order chi connectivity index (χ0) is 12.0. The number of nitrogens with one attached hydrogen (secondary N) is 1. The minimum absolute atomic E-state index is 0.0985. The van der Waals surface area contributed by atoms with E-state index in [1.165, 1.54) is 11.3 Å². The quantitative estimate of drug-likeness (QED) is 0.554. The average molecular weight is 294 g/mol. The Labute approximate surface area is 115 Å². The van der Waals surface area contributed by atoms with Gasteiger partial charge >= 0.3 is 0 Å². The Balaban J connectivity index is 2.76. The van der Waals surface area contributed by atoms with Crippen molar-refractivity contribution in [2.24, 2.45) is 0 Å². The smallest absolute Gasteiger partial charge is 0.0679 e. The lowest BCUT2D eigenvalue weighted by molar-refractivity contribution is 0.384. The van der Waals surface area contributed by atoms with Crippen LogP contribution in [0.1, 0.15) is 37.3 Å². The zero-order valence-electron chi connectivity index (χ0n) is 9.90. The molecule has 0 aliphatic carbocycles. The van der Waals surface area contributed by atoms with Crippen molar-refractivity contribution >= 4 is 43.6 Å². The molecule has 1 unspecified atom stereocenters. The van der Waals surface area contributed by atoms with Crippen LogP contribution in [-0.2, 0) is 0 Å². The maximum Gasteiger partial charge on any atom is 0.0679 e. The van der Waals surface area contributed by atoms with E-state index in [9.17, 15) is 0 Å². The second kappa shape index (κ2) is 7.21. The van der Waals surface area contributed by atoms with Crippen LogP contribution in [0.2, 0.25) is 0 Å². The van der Waals surface area contributed by atoms with E-state index in [-0.39, 0.29) is 5.54 Å². The summed E-state index contributed by atoms with van der Waals surface area (Å²) in [5.41, 5.74) is 0.0985. The standard InChI is InChI=1S/C11H19NS4/c1-4-7-12-11(2,3)10(15-16-13)9-6-5-8-14-9/h5-6,8,10,12-13H,4,7H2,1-3H3. The summed E-state index contributed by atoms with van der Waals surface area (Å²) in [6.07, 6.45) is 1.17. The highest BCUT2D eigenvalue weighted by Gasteiger charge is 2.31. The van der Waals surface area contributed by atoms with Gasteiger partial charge in [0, 0.05) is 10.4 Å². The Hall–Kier alpha value is 0.710. The highest BCUT2D eigenvalue weighted by Crippen LogP contribution is 2.47. The van der Waals surface area contributed by atoms with E-state index in [1.54, 1.807) is 9.83 Å². The summed E-state index contributed by atoms with van der Waals surface area (Å²) in [6.45, 7) is 7.80. The molecule has 0 amide bonds. The molecule has 1 aromatic heterocycles. The van der Waals surface area contributed by atoms with Crippen molar-refractivity contribution in [3.63, 3.8) is 0 Å². The monoisotopic (exact) mass is 293 g/mol. The third-order valence-corrected chi connectivity index (χ3v) is 6.25. The Morgan fingerprint density at radius 2 is 2.31 bits per heavy atom. The molecule has 5 heteroatoms. The van der Waals surface area contributed by atoms with Crippen molar-refractivity contribution in [1.82, 2.24) is 5.32 Å². The summed E-state index contributed by atoms with van der Waals surface area (Å²) in [5.74, 6) is 0. The van der Waals surface area contributed by atoms with Gasteiger partial charge in [-0.3, -0.25) is 0 Å². The van der Waals surface area contributed by atoms with Crippen molar-refractivity contribution in [3.8, 4) is 0 Å². The molecule has 0 saturated carbocycles. The molecule has 16 heavy (non-hydrogen) atoms. The van der Waals surface area contributed by atoms with Crippen molar-refractivity contribution < 1.29 is 0 Å². The summed E-state index contributed by atoms with van der Waals surface area (Å²) >= 11 is 6.09. The predicted octanol–water partition coefficient (Wildman–Crippen LogP) is 4.79. The molecule has 1 heterocycles. The van der Waals surface area contributed by atoms with Gasteiger partial charge in [-0.1, -0.05) is 35.4 Å². The minimum atomic E-state index is 0.0985. The van der Waals surface area contributed by atoms with Crippen molar-refractivity contribution in [2.45, 2.75) is 38.0 Å². The van der Waals surface area contributed by atoms with Gasteiger partial charge < -0.3 is 5.32 Å². The molecule has 1 nitrogen and oxygen atoms in total. The summed E-state index contributed by atoms with van der Waals surface area (Å²) in [7, 11) is 3.37. The van der Waals surface area contributed by atoms with E-state index in [1.807, 2.05) is 22.1 Å². The Morgan fingerprint density at radius 1 is 1.56 bits per heavy atom. The molecule has 0 aliphatic heterocycles. The Morgan fingerprint density at radius 3 is 2.81 bits per heavy atom. The van der Waals surface area contributed by atoms with Crippen LogP contribution >= 0.6 is 43.6 Å². The average Bonchev–Trinajstić information content (AvgIpc) is 2.76.